The van der Waals surface area contributed by atoms with Crippen LogP contribution in [0.1, 0.15) is 6.42 Å². The summed E-state index contributed by atoms with van der Waals surface area (Å²) in [5.74, 6) is -0.0166. The fourth-order valence-corrected chi connectivity index (χ4v) is 3.94. The molecule has 0 saturated carbocycles. The Morgan fingerprint density at radius 2 is 2.14 bits per heavy atom. The Balaban J connectivity index is 0.00000242. The predicted molar refractivity (Wildman–Crippen MR) is 83.1 cm³/mol. The molecule has 1 unspecified atom stereocenters. The molecule has 0 amide bonds. The maximum Gasteiger partial charge on any atom is 0.273 e. The monoisotopic (exact) mass is 351 g/mol. The molecule has 22 heavy (non-hydrogen) atoms. The van der Waals surface area contributed by atoms with Gasteiger partial charge in [-0.2, -0.15) is 4.31 Å². The zero-order valence-electron chi connectivity index (χ0n) is 12.2. The van der Waals surface area contributed by atoms with Gasteiger partial charge in [-0.05, 0) is 19.5 Å². The Morgan fingerprint density at radius 3 is 2.64 bits per heavy atom. The highest BCUT2D eigenvalue weighted by atomic mass is 35.5. The molecule has 1 aliphatic heterocycles. The normalized spacial score (nSPS) is 18.7. The van der Waals surface area contributed by atoms with Crippen LogP contribution in [0.4, 0.5) is 5.69 Å². The van der Waals surface area contributed by atoms with Gasteiger partial charge in [-0.3, -0.25) is 10.1 Å². The van der Waals surface area contributed by atoms with E-state index in [9.17, 15) is 18.5 Å². The molecule has 2 rings (SSSR count). The molecular weight excluding hydrogens is 334 g/mol. The van der Waals surface area contributed by atoms with Gasteiger partial charge in [0, 0.05) is 25.2 Å². The highest BCUT2D eigenvalue weighted by molar-refractivity contribution is 7.89. The van der Waals surface area contributed by atoms with Crippen LogP contribution in [0.15, 0.2) is 23.1 Å². The van der Waals surface area contributed by atoms with E-state index in [1.165, 1.54) is 23.5 Å². The van der Waals surface area contributed by atoms with Crippen molar-refractivity contribution in [3.8, 4) is 5.75 Å². The summed E-state index contributed by atoms with van der Waals surface area (Å²) in [5, 5.41) is 13.8. The molecule has 8 nitrogen and oxygen atoms in total. The van der Waals surface area contributed by atoms with E-state index in [-0.39, 0.29) is 34.8 Å². The van der Waals surface area contributed by atoms with Crippen molar-refractivity contribution >= 4 is 28.1 Å². The van der Waals surface area contributed by atoms with Gasteiger partial charge in [0.15, 0.2) is 0 Å². The Morgan fingerprint density at radius 1 is 1.45 bits per heavy atom. The van der Waals surface area contributed by atoms with Crippen molar-refractivity contribution in [3.63, 3.8) is 0 Å². The van der Waals surface area contributed by atoms with Gasteiger partial charge < -0.3 is 10.1 Å². The summed E-state index contributed by atoms with van der Waals surface area (Å²) in [6.45, 7) is 0.785. The SMILES string of the molecule is CNC1CCN(S(=O)(=O)c2ccc([N+](=O)[O-])cc2OC)C1.Cl. The molecule has 1 aliphatic rings. The molecule has 1 fully saturated rings. The number of halogens is 1. The first-order valence-electron chi connectivity index (χ1n) is 6.40. The number of hydrogen-bond donors (Lipinski definition) is 1. The van der Waals surface area contributed by atoms with E-state index in [0.717, 1.165) is 12.5 Å². The smallest absolute Gasteiger partial charge is 0.273 e. The van der Waals surface area contributed by atoms with Gasteiger partial charge >= 0.3 is 0 Å². The number of likely N-dealkylation sites (N-methyl/N-ethyl adjacent to an activating group) is 1. The lowest BCUT2D eigenvalue weighted by Gasteiger charge is -2.18. The van der Waals surface area contributed by atoms with Crippen molar-refractivity contribution in [3.05, 3.63) is 28.3 Å². The Kier molecular flexibility index (Phi) is 6.12. The molecule has 124 valence electrons. The fraction of sp³-hybridized carbons (Fsp3) is 0.500. The third-order valence-corrected chi connectivity index (χ3v) is 5.44. The van der Waals surface area contributed by atoms with E-state index in [1.54, 1.807) is 7.05 Å². The molecule has 1 aromatic carbocycles. The first kappa shape index (κ1) is 18.6. The average Bonchev–Trinajstić information content (AvgIpc) is 2.96. The number of rotatable bonds is 5. The van der Waals surface area contributed by atoms with Gasteiger partial charge in [0.25, 0.3) is 5.69 Å². The second kappa shape index (κ2) is 7.23. The molecule has 10 heteroatoms. The fourth-order valence-electron chi connectivity index (χ4n) is 2.30. The minimum atomic E-state index is -3.72. The van der Waals surface area contributed by atoms with Gasteiger partial charge in [0.05, 0.1) is 18.1 Å². The Hall–Kier alpha value is -1.42. The van der Waals surface area contributed by atoms with Crippen LogP contribution < -0.4 is 10.1 Å². The van der Waals surface area contributed by atoms with Crippen molar-refractivity contribution in [1.29, 1.82) is 0 Å². The van der Waals surface area contributed by atoms with Gasteiger partial charge in [-0.15, -0.1) is 12.4 Å². The van der Waals surface area contributed by atoms with Crippen LogP contribution >= 0.6 is 12.4 Å². The lowest BCUT2D eigenvalue weighted by atomic mass is 10.3. The first-order valence-corrected chi connectivity index (χ1v) is 7.84. The standard InChI is InChI=1S/C12H17N3O5S.ClH/c1-13-9-5-6-14(8-9)21(18,19)12-4-3-10(15(16)17)7-11(12)20-2;/h3-4,7,9,13H,5-6,8H2,1-2H3;1H. The molecule has 1 heterocycles. The predicted octanol–water partition coefficient (Wildman–Crippen LogP) is 1.01. The Bertz CT molecular complexity index is 652. The molecule has 0 spiro atoms. The summed E-state index contributed by atoms with van der Waals surface area (Å²) in [6, 6.07) is 3.63. The molecule has 1 N–H and O–H groups in total. The number of sulfonamides is 1. The second-order valence-corrected chi connectivity index (χ2v) is 6.64. The van der Waals surface area contributed by atoms with Crippen molar-refractivity contribution in [2.75, 3.05) is 27.2 Å². The lowest BCUT2D eigenvalue weighted by Crippen LogP contribution is -2.33. The van der Waals surface area contributed by atoms with Crippen molar-refractivity contribution in [2.45, 2.75) is 17.4 Å². The third kappa shape index (κ3) is 3.49. The van der Waals surface area contributed by atoms with Gasteiger partial charge in [0.2, 0.25) is 10.0 Å². The van der Waals surface area contributed by atoms with Crippen LogP contribution in [-0.4, -0.2) is 50.9 Å². The van der Waals surface area contributed by atoms with Crippen LogP contribution in [0, 0.1) is 10.1 Å². The average molecular weight is 352 g/mol. The minimum Gasteiger partial charge on any atom is -0.495 e. The number of hydrogen-bond acceptors (Lipinski definition) is 6. The number of methoxy groups -OCH3 is 1. The van der Waals surface area contributed by atoms with E-state index < -0.39 is 14.9 Å². The highest BCUT2D eigenvalue weighted by Crippen LogP contribution is 2.31. The van der Waals surface area contributed by atoms with Crippen LogP contribution in [0.25, 0.3) is 0 Å². The molecule has 1 saturated heterocycles. The molecule has 0 radical (unpaired) electrons. The number of nitrogens with one attached hydrogen (secondary N) is 1. The number of ether oxygens (including phenoxy) is 1. The quantitative estimate of drug-likeness (QED) is 0.627. The number of nitrogens with zero attached hydrogens (tertiary/aromatic N) is 2. The maximum absolute atomic E-state index is 12.6. The summed E-state index contributed by atoms with van der Waals surface area (Å²) >= 11 is 0. The van der Waals surface area contributed by atoms with Gasteiger partial charge in [-0.25, -0.2) is 8.42 Å². The molecule has 0 aliphatic carbocycles. The molecule has 0 aromatic heterocycles. The van der Waals surface area contributed by atoms with E-state index in [0.29, 0.717) is 13.1 Å². The zero-order chi connectivity index (χ0) is 15.6. The summed E-state index contributed by atoms with van der Waals surface area (Å²) in [5.41, 5.74) is -0.208. The second-order valence-electron chi connectivity index (χ2n) is 4.73. The minimum absolute atomic E-state index is 0. The highest BCUT2D eigenvalue weighted by Gasteiger charge is 2.34. The summed E-state index contributed by atoms with van der Waals surface area (Å²) in [6.07, 6.45) is 0.727. The van der Waals surface area contributed by atoms with Crippen molar-refractivity contribution in [1.82, 2.24) is 9.62 Å². The van der Waals surface area contributed by atoms with Crippen LogP contribution in [0.3, 0.4) is 0 Å². The van der Waals surface area contributed by atoms with Gasteiger partial charge in [-0.1, -0.05) is 0 Å². The maximum atomic E-state index is 12.6. The molecule has 0 bridgehead atoms. The number of nitro groups is 1. The van der Waals surface area contributed by atoms with Crippen molar-refractivity contribution in [2.24, 2.45) is 0 Å². The zero-order valence-corrected chi connectivity index (χ0v) is 13.8. The third-order valence-electron chi connectivity index (χ3n) is 3.54. The van der Waals surface area contributed by atoms with E-state index in [4.69, 9.17) is 4.74 Å². The summed E-state index contributed by atoms with van der Waals surface area (Å²) in [7, 11) is -0.646. The van der Waals surface area contributed by atoms with E-state index >= 15 is 0 Å². The van der Waals surface area contributed by atoms with E-state index in [2.05, 4.69) is 5.32 Å². The number of non-ortho nitro benzene ring substituents is 1. The molecule has 1 atom stereocenters. The topological polar surface area (TPSA) is 102 Å². The Labute approximate surface area is 135 Å². The molecular formula is C12H18ClN3O5S. The van der Waals surface area contributed by atoms with Crippen LogP contribution in [-0.2, 0) is 10.0 Å². The van der Waals surface area contributed by atoms with Crippen LogP contribution in [0.2, 0.25) is 0 Å². The van der Waals surface area contributed by atoms with Crippen LogP contribution in [0.5, 0.6) is 5.75 Å². The van der Waals surface area contributed by atoms with Gasteiger partial charge in [0.1, 0.15) is 10.6 Å². The lowest BCUT2D eigenvalue weighted by molar-refractivity contribution is -0.385. The van der Waals surface area contributed by atoms with Crippen molar-refractivity contribution < 1.29 is 18.1 Å². The summed E-state index contributed by atoms with van der Waals surface area (Å²) in [4.78, 5) is 10.1. The largest absolute Gasteiger partial charge is 0.495 e. The summed E-state index contributed by atoms with van der Waals surface area (Å²) < 4.78 is 31.6. The number of benzene rings is 1. The van der Waals surface area contributed by atoms with E-state index in [1.807, 2.05) is 0 Å². The first-order chi connectivity index (χ1) is 9.90. The molecule has 1 aromatic rings. The number of nitro benzene ring substituents is 1.